The SMILES string of the molecule is CCCCOC(N)(O)CC. The number of hydrogen-bond donors (Lipinski definition) is 2. The number of hydrogen-bond acceptors (Lipinski definition) is 3. The molecule has 0 amide bonds. The lowest BCUT2D eigenvalue weighted by molar-refractivity contribution is -0.201. The highest BCUT2D eigenvalue weighted by molar-refractivity contribution is 4.52. The first-order chi connectivity index (χ1) is 4.62. The Bertz CT molecular complexity index is 83.7. The van der Waals surface area contributed by atoms with Gasteiger partial charge < -0.3 is 9.84 Å². The lowest BCUT2D eigenvalue weighted by atomic mass is 10.3. The quantitative estimate of drug-likeness (QED) is 0.447. The van der Waals surface area contributed by atoms with Crippen LogP contribution in [0, 0.1) is 0 Å². The maximum absolute atomic E-state index is 9.11. The lowest BCUT2D eigenvalue weighted by Crippen LogP contribution is -2.41. The normalized spacial score (nSPS) is 16.8. The zero-order chi connectivity index (χ0) is 8.04. The summed E-state index contributed by atoms with van der Waals surface area (Å²) in [5.74, 6) is -1.41. The van der Waals surface area contributed by atoms with Crippen LogP contribution in [-0.4, -0.2) is 17.6 Å². The number of rotatable bonds is 5. The van der Waals surface area contributed by atoms with Gasteiger partial charge in [0.05, 0.1) is 6.61 Å². The largest absolute Gasteiger partial charge is 0.353 e. The average molecular weight is 147 g/mol. The molecule has 1 atom stereocenters. The summed E-state index contributed by atoms with van der Waals surface area (Å²) >= 11 is 0. The molecule has 0 heterocycles. The second-order valence-electron chi connectivity index (χ2n) is 2.40. The Morgan fingerprint density at radius 2 is 2.10 bits per heavy atom. The first-order valence-electron chi connectivity index (χ1n) is 3.77. The summed E-state index contributed by atoms with van der Waals surface area (Å²) in [7, 11) is 0. The molecule has 0 rings (SSSR count). The molecule has 3 nitrogen and oxygen atoms in total. The van der Waals surface area contributed by atoms with E-state index in [1.54, 1.807) is 6.92 Å². The van der Waals surface area contributed by atoms with Crippen molar-refractivity contribution >= 4 is 0 Å². The predicted molar refractivity (Wildman–Crippen MR) is 40.3 cm³/mol. The van der Waals surface area contributed by atoms with Gasteiger partial charge in [-0.25, -0.2) is 0 Å². The number of nitrogens with two attached hydrogens (primary N) is 1. The highest BCUT2D eigenvalue weighted by atomic mass is 16.6. The Labute approximate surface area is 62.2 Å². The predicted octanol–water partition coefficient (Wildman–Crippen LogP) is 0.818. The van der Waals surface area contributed by atoms with Crippen LogP contribution in [0.4, 0.5) is 0 Å². The van der Waals surface area contributed by atoms with Crippen molar-refractivity contribution in [1.82, 2.24) is 0 Å². The molecule has 1 unspecified atom stereocenters. The van der Waals surface area contributed by atoms with E-state index in [1.807, 2.05) is 0 Å². The lowest BCUT2D eigenvalue weighted by Gasteiger charge is -2.20. The summed E-state index contributed by atoms with van der Waals surface area (Å²) in [5, 5.41) is 9.11. The minimum Gasteiger partial charge on any atom is -0.353 e. The highest BCUT2D eigenvalue weighted by Gasteiger charge is 2.17. The van der Waals surface area contributed by atoms with Crippen molar-refractivity contribution in [2.24, 2.45) is 5.73 Å². The van der Waals surface area contributed by atoms with Crippen molar-refractivity contribution in [1.29, 1.82) is 0 Å². The van der Waals surface area contributed by atoms with E-state index in [-0.39, 0.29) is 0 Å². The summed E-state index contributed by atoms with van der Waals surface area (Å²) in [6, 6.07) is 0. The molecular weight excluding hydrogens is 130 g/mol. The third-order valence-electron chi connectivity index (χ3n) is 1.36. The zero-order valence-corrected chi connectivity index (χ0v) is 6.76. The van der Waals surface area contributed by atoms with Gasteiger partial charge in [0.1, 0.15) is 0 Å². The standard InChI is InChI=1S/C7H17NO2/c1-3-5-6-10-7(8,9)4-2/h9H,3-6,8H2,1-2H3. The van der Waals surface area contributed by atoms with Crippen LogP contribution >= 0.6 is 0 Å². The smallest absolute Gasteiger partial charge is 0.221 e. The Balaban J connectivity index is 3.28. The van der Waals surface area contributed by atoms with Gasteiger partial charge in [0, 0.05) is 6.42 Å². The van der Waals surface area contributed by atoms with Crippen LogP contribution in [0.2, 0.25) is 0 Å². The molecule has 0 spiro atoms. The minimum atomic E-state index is -1.41. The van der Waals surface area contributed by atoms with Crippen molar-refractivity contribution in [3.05, 3.63) is 0 Å². The molecule has 62 valence electrons. The van der Waals surface area contributed by atoms with E-state index in [4.69, 9.17) is 15.6 Å². The van der Waals surface area contributed by atoms with Gasteiger partial charge in [-0.1, -0.05) is 20.3 Å². The van der Waals surface area contributed by atoms with E-state index in [1.165, 1.54) is 0 Å². The third kappa shape index (κ3) is 4.73. The van der Waals surface area contributed by atoms with Gasteiger partial charge in [0.25, 0.3) is 0 Å². The fourth-order valence-corrected chi connectivity index (χ4v) is 0.495. The van der Waals surface area contributed by atoms with E-state index in [2.05, 4.69) is 6.92 Å². The van der Waals surface area contributed by atoms with Crippen molar-refractivity contribution < 1.29 is 9.84 Å². The van der Waals surface area contributed by atoms with Crippen molar-refractivity contribution in [3.8, 4) is 0 Å². The fourth-order valence-electron chi connectivity index (χ4n) is 0.495. The first kappa shape index (κ1) is 9.88. The molecule has 0 aliphatic carbocycles. The summed E-state index contributed by atoms with van der Waals surface area (Å²) < 4.78 is 4.95. The Morgan fingerprint density at radius 1 is 1.50 bits per heavy atom. The van der Waals surface area contributed by atoms with E-state index in [0.29, 0.717) is 13.0 Å². The molecule has 0 bridgehead atoms. The van der Waals surface area contributed by atoms with Crippen molar-refractivity contribution in [2.75, 3.05) is 6.61 Å². The number of unbranched alkanes of at least 4 members (excludes halogenated alkanes) is 1. The zero-order valence-electron chi connectivity index (χ0n) is 6.76. The van der Waals surface area contributed by atoms with Gasteiger partial charge in [-0.2, -0.15) is 0 Å². The topological polar surface area (TPSA) is 55.5 Å². The second-order valence-corrected chi connectivity index (χ2v) is 2.40. The first-order valence-corrected chi connectivity index (χ1v) is 3.77. The van der Waals surface area contributed by atoms with Gasteiger partial charge in [0.15, 0.2) is 0 Å². The molecule has 0 saturated heterocycles. The fraction of sp³-hybridized carbons (Fsp3) is 1.00. The Morgan fingerprint density at radius 3 is 2.50 bits per heavy atom. The molecule has 0 fully saturated rings. The van der Waals surface area contributed by atoms with E-state index in [0.717, 1.165) is 12.8 Å². The molecule has 0 aliphatic heterocycles. The van der Waals surface area contributed by atoms with Gasteiger partial charge in [-0.3, -0.25) is 5.73 Å². The molecular formula is C7H17NO2. The van der Waals surface area contributed by atoms with Crippen LogP contribution in [0.3, 0.4) is 0 Å². The maximum Gasteiger partial charge on any atom is 0.221 e. The summed E-state index contributed by atoms with van der Waals surface area (Å²) in [5.41, 5.74) is 5.29. The van der Waals surface area contributed by atoms with E-state index >= 15 is 0 Å². The monoisotopic (exact) mass is 147 g/mol. The van der Waals surface area contributed by atoms with Crippen LogP contribution < -0.4 is 5.73 Å². The van der Waals surface area contributed by atoms with Crippen LogP contribution in [0.15, 0.2) is 0 Å². The second kappa shape index (κ2) is 4.66. The van der Waals surface area contributed by atoms with Gasteiger partial charge in [-0.05, 0) is 6.42 Å². The van der Waals surface area contributed by atoms with Crippen LogP contribution in [0.5, 0.6) is 0 Å². The molecule has 0 radical (unpaired) electrons. The van der Waals surface area contributed by atoms with E-state index < -0.39 is 5.91 Å². The summed E-state index contributed by atoms with van der Waals surface area (Å²) in [6.45, 7) is 4.38. The summed E-state index contributed by atoms with van der Waals surface area (Å²) in [4.78, 5) is 0. The summed E-state index contributed by atoms with van der Waals surface area (Å²) in [6.07, 6.45) is 2.43. The highest BCUT2D eigenvalue weighted by Crippen LogP contribution is 2.03. The third-order valence-corrected chi connectivity index (χ3v) is 1.36. The number of ether oxygens (including phenoxy) is 1. The van der Waals surface area contributed by atoms with Crippen LogP contribution in [0.1, 0.15) is 33.1 Å². The number of aliphatic hydroxyl groups is 1. The maximum atomic E-state index is 9.11. The van der Waals surface area contributed by atoms with Crippen LogP contribution in [-0.2, 0) is 4.74 Å². The van der Waals surface area contributed by atoms with Gasteiger partial charge in [-0.15, -0.1) is 0 Å². The Kier molecular flexibility index (Phi) is 4.60. The van der Waals surface area contributed by atoms with Crippen molar-refractivity contribution in [2.45, 2.75) is 39.0 Å². The van der Waals surface area contributed by atoms with Gasteiger partial charge in [0.2, 0.25) is 5.91 Å². The molecule has 3 N–H and O–H groups in total. The molecule has 0 aromatic heterocycles. The molecule has 0 aromatic rings. The van der Waals surface area contributed by atoms with Gasteiger partial charge >= 0.3 is 0 Å². The molecule has 10 heavy (non-hydrogen) atoms. The molecule has 0 aromatic carbocycles. The molecule has 0 saturated carbocycles. The Hall–Kier alpha value is -0.120. The van der Waals surface area contributed by atoms with Crippen LogP contribution in [0.25, 0.3) is 0 Å². The minimum absolute atomic E-state index is 0.427. The molecule has 3 heteroatoms. The van der Waals surface area contributed by atoms with E-state index in [9.17, 15) is 0 Å². The average Bonchev–Trinajstić information content (AvgIpc) is 1.89. The van der Waals surface area contributed by atoms with Crippen molar-refractivity contribution in [3.63, 3.8) is 0 Å². The molecule has 0 aliphatic rings.